The fourth-order valence-corrected chi connectivity index (χ4v) is 3.88. The minimum atomic E-state index is -0.822. The highest BCUT2D eigenvalue weighted by Gasteiger charge is 2.34. The molecule has 0 aromatic heterocycles. The Kier molecular flexibility index (Phi) is 7.34. The topological polar surface area (TPSA) is 72.9 Å². The number of hydrogen-bond donors (Lipinski definition) is 2. The lowest BCUT2D eigenvalue weighted by atomic mass is 9.96. The molecule has 138 valence electrons. The van der Waals surface area contributed by atoms with Crippen molar-refractivity contribution < 1.29 is 14.7 Å². The average molecular weight is 339 g/mol. The van der Waals surface area contributed by atoms with E-state index in [9.17, 15) is 14.7 Å². The van der Waals surface area contributed by atoms with E-state index in [1.807, 2.05) is 0 Å². The van der Waals surface area contributed by atoms with Crippen molar-refractivity contribution in [2.75, 3.05) is 26.2 Å². The van der Waals surface area contributed by atoms with E-state index in [0.29, 0.717) is 25.0 Å². The van der Waals surface area contributed by atoms with Crippen LogP contribution < -0.4 is 5.32 Å². The normalized spacial score (nSPS) is 26.2. The maximum absolute atomic E-state index is 12.6. The quantitative estimate of drug-likeness (QED) is 0.807. The summed E-state index contributed by atoms with van der Waals surface area (Å²) in [7, 11) is 0. The van der Waals surface area contributed by atoms with Gasteiger partial charge in [0.05, 0.1) is 6.04 Å². The number of carboxylic acid groups (broad SMARTS) is 1. The summed E-state index contributed by atoms with van der Waals surface area (Å²) in [5, 5.41) is 12.3. The van der Waals surface area contributed by atoms with Crippen LogP contribution in [0.4, 0.5) is 4.79 Å². The molecule has 24 heavy (non-hydrogen) atoms. The first kappa shape index (κ1) is 19.0. The Balaban J connectivity index is 1.93. The van der Waals surface area contributed by atoms with E-state index in [1.165, 1.54) is 4.90 Å². The number of likely N-dealkylation sites (tertiary alicyclic amines) is 2. The third kappa shape index (κ3) is 5.36. The van der Waals surface area contributed by atoms with Crippen LogP contribution in [0.3, 0.4) is 0 Å². The predicted octanol–water partition coefficient (Wildman–Crippen LogP) is 2.54. The van der Waals surface area contributed by atoms with Crippen molar-refractivity contribution in [1.29, 1.82) is 0 Å². The van der Waals surface area contributed by atoms with Gasteiger partial charge in [-0.15, -0.1) is 0 Å². The number of hydrogen-bond acceptors (Lipinski definition) is 3. The molecule has 0 radical (unpaired) electrons. The van der Waals surface area contributed by atoms with E-state index < -0.39 is 6.09 Å². The maximum Gasteiger partial charge on any atom is 0.407 e. The molecule has 2 aliphatic rings. The van der Waals surface area contributed by atoms with Crippen LogP contribution in [0.5, 0.6) is 0 Å². The van der Waals surface area contributed by atoms with E-state index >= 15 is 0 Å². The van der Waals surface area contributed by atoms with Crippen LogP contribution in [0.25, 0.3) is 0 Å². The zero-order chi connectivity index (χ0) is 17.5. The molecule has 2 N–H and O–H groups in total. The van der Waals surface area contributed by atoms with Crippen molar-refractivity contribution in [3.8, 4) is 0 Å². The maximum atomic E-state index is 12.6. The molecule has 2 aliphatic heterocycles. The molecule has 0 saturated carbocycles. The van der Waals surface area contributed by atoms with Crippen molar-refractivity contribution >= 4 is 12.0 Å². The third-order valence-corrected chi connectivity index (χ3v) is 5.30. The Morgan fingerprint density at radius 1 is 1.08 bits per heavy atom. The molecule has 0 spiro atoms. The van der Waals surface area contributed by atoms with Gasteiger partial charge in [-0.25, -0.2) is 4.79 Å². The molecule has 6 nitrogen and oxygen atoms in total. The summed E-state index contributed by atoms with van der Waals surface area (Å²) in [4.78, 5) is 27.7. The molecule has 2 atom stereocenters. The summed E-state index contributed by atoms with van der Waals surface area (Å²) < 4.78 is 0. The summed E-state index contributed by atoms with van der Waals surface area (Å²) >= 11 is 0. The monoisotopic (exact) mass is 339 g/mol. The highest BCUT2D eigenvalue weighted by atomic mass is 16.4. The van der Waals surface area contributed by atoms with Gasteiger partial charge in [0.1, 0.15) is 0 Å². The van der Waals surface area contributed by atoms with Gasteiger partial charge in [-0.2, -0.15) is 0 Å². The number of carbonyl (C=O) groups excluding carboxylic acids is 1. The van der Waals surface area contributed by atoms with E-state index in [0.717, 1.165) is 58.0 Å². The summed E-state index contributed by atoms with van der Waals surface area (Å²) in [5.41, 5.74) is 0. The van der Waals surface area contributed by atoms with Gasteiger partial charge in [-0.05, 0) is 51.0 Å². The van der Waals surface area contributed by atoms with E-state index in [-0.39, 0.29) is 11.9 Å². The van der Waals surface area contributed by atoms with Gasteiger partial charge in [0, 0.05) is 25.7 Å². The number of piperidine rings is 1. The van der Waals surface area contributed by atoms with Crippen LogP contribution >= 0.6 is 0 Å². The number of amides is 2. The van der Waals surface area contributed by atoms with Gasteiger partial charge in [0.2, 0.25) is 5.91 Å². The van der Waals surface area contributed by atoms with Crippen molar-refractivity contribution in [2.45, 2.75) is 70.9 Å². The molecule has 0 aromatic rings. The fraction of sp³-hybridized carbons (Fsp3) is 0.889. The molecule has 2 heterocycles. The smallest absolute Gasteiger partial charge is 0.407 e. The second-order valence-corrected chi connectivity index (χ2v) is 7.58. The minimum absolute atomic E-state index is 0.0349. The highest BCUT2D eigenvalue weighted by Crippen LogP contribution is 2.25. The molecule has 0 aromatic carbocycles. The second-order valence-electron chi connectivity index (χ2n) is 7.58. The molecule has 2 saturated heterocycles. The van der Waals surface area contributed by atoms with Crippen molar-refractivity contribution in [1.82, 2.24) is 15.1 Å². The zero-order valence-corrected chi connectivity index (χ0v) is 15.2. The first-order valence-electron chi connectivity index (χ1n) is 9.50. The molecule has 2 fully saturated rings. The first-order chi connectivity index (χ1) is 11.5. The van der Waals surface area contributed by atoms with Crippen molar-refractivity contribution in [3.05, 3.63) is 0 Å². The first-order valence-corrected chi connectivity index (χ1v) is 9.50. The average Bonchev–Trinajstić information content (AvgIpc) is 2.80. The SMILES string of the molecule is CC(C)CCNC(=O)C1CCCCN1[C@@H]1CCCN(C(=O)O)CC1. The summed E-state index contributed by atoms with van der Waals surface area (Å²) in [6.45, 7) is 7.24. The van der Waals surface area contributed by atoms with Crippen molar-refractivity contribution in [2.24, 2.45) is 5.92 Å². The van der Waals surface area contributed by atoms with Gasteiger partial charge in [-0.1, -0.05) is 20.3 Å². The molecular formula is C18H33N3O3. The number of nitrogens with one attached hydrogen (secondary N) is 1. The highest BCUT2D eigenvalue weighted by molar-refractivity contribution is 5.81. The van der Waals surface area contributed by atoms with Crippen LogP contribution in [0, 0.1) is 5.92 Å². The largest absolute Gasteiger partial charge is 0.465 e. The minimum Gasteiger partial charge on any atom is -0.465 e. The Labute approximate surface area is 145 Å². The van der Waals surface area contributed by atoms with Crippen LogP contribution in [0.2, 0.25) is 0 Å². The molecule has 2 rings (SSSR count). The van der Waals surface area contributed by atoms with Gasteiger partial charge in [-0.3, -0.25) is 9.69 Å². The summed E-state index contributed by atoms with van der Waals surface area (Å²) in [6.07, 6.45) is 6.05. The number of nitrogens with zero attached hydrogens (tertiary/aromatic N) is 2. The van der Waals surface area contributed by atoms with Gasteiger partial charge >= 0.3 is 6.09 Å². The lowest BCUT2D eigenvalue weighted by molar-refractivity contribution is -0.129. The van der Waals surface area contributed by atoms with Crippen LogP contribution in [0.1, 0.15) is 58.8 Å². The standard InChI is InChI=1S/C18H33N3O3/c1-14(2)8-10-19-17(22)16-7-3-4-12-21(16)15-6-5-11-20(13-9-15)18(23)24/h14-16H,3-13H2,1-2H3,(H,19,22)(H,23,24)/t15-,16?/m1/s1. The Bertz CT molecular complexity index is 428. The second kappa shape index (κ2) is 9.25. The molecule has 6 heteroatoms. The Morgan fingerprint density at radius 2 is 1.88 bits per heavy atom. The van der Waals surface area contributed by atoms with E-state index in [2.05, 4.69) is 24.1 Å². The molecule has 2 amide bonds. The molecule has 1 unspecified atom stereocenters. The molecule has 0 aliphatic carbocycles. The molecular weight excluding hydrogens is 306 g/mol. The van der Waals surface area contributed by atoms with Crippen LogP contribution in [-0.4, -0.2) is 65.2 Å². The lowest BCUT2D eigenvalue weighted by Crippen LogP contribution is -2.53. The van der Waals surface area contributed by atoms with Gasteiger partial charge in [0.15, 0.2) is 0 Å². The number of carbonyl (C=O) groups is 2. The number of rotatable bonds is 5. The summed E-state index contributed by atoms with van der Waals surface area (Å²) in [6, 6.07) is 0.294. The zero-order valence-electron chi connectivity index (χ0n) is 15.2. The van der Waals surface area contributed by atoms with Gasteiger partial charge < -0.3 is 15.3 Å². The van der Waals surface area contributed by atoms with E-state index in [1.54, 1.807) is 0 Å². The fourth-order valence-electron chi connectivity index (χ4n) is 3.88. The Hall–Kier alpha value is -1.30. The van der Waals surface area contributed by atoms with Gasteiger partial charge in [0.25, 0.3) is 0 Å². The van der Waals surface area contributed by atoms with Crippen LogP contribution in [0.15, 0.2) is 0 Å². The Morgan fingerprint density at radius 3 is 2.58 bits per heavy atom. The van der Waals surface area contributed by atoms with Crippen LogP contribution in [-0.2, 0) is 4.79 Å². The van der Waals surface area contributed by atoms with Crippen molar-refractivity contribution in [3.63, 3.8) is 0 Å². The van der Waals surface area contributed by atoms with E-state index in [4.69, 9.17) is 0 Å². The molecule has 0 bridgehead atoms. The third-order valence-electron chi connectivity index (χ3n) is 5.30. The summed E-state index contributed by atoms with van der Waals surface area (Å²) in [5.74, 6) is 0.756. The predicted molar refractivity (Wildman–Crippen MR) is 94.0 cm³/mol. The lowest BCUT2D eigenvalue weighted by Gasteiger charge is -2.40.